The summed E-state index contributed by atoms with van der Waals surface area (Å²) in [6, 6.07) is 11.2. The van der Waals surface area contributed by atoms with Gasteiger partial charge in [-0.3, -0.25) is 19.3 Å². The number of hydrogen-bond donors (Lipinski definition) is 1. The van der Waals surface area contributed by atoms with E-state index in [2.05, 4.69) is 15.5 Å². The van der Waals surface area contributed by atoms with Crippen LogP contribution in [0.2, 0.25) is 0 Å². The molecule has 0 aliphatic carbocycles. The Labute approximate surface area is 129 Å². The number of hydrogen-bond acceptors (Lipinski definition) is 6. The predicted molar refractivity (Wildman–Crippen MR) is 80.2 cm³/mol. The number of nitrogens with zero attached hydrogens (tertiary/aromatic N) is 4. The quantitative estimate of drug-likeness (QED) is 0.566. The van der Waals surface area contributed by atoms with Gasteiger partial charge in [0.05, 0.1) is 4.92 Å². The van der Waals surface area contributed by atoms with Crippen molar-refractivity contribution in [3.05, 3.63) is 58.8 Å². The Hall–Kier alpha value is -3.49. The summed E-state index contributed by atoms with van der Waals surface area (Å²) >= 11 is 0. The van der Waals surface area contributed by atoms with E-state index in [-0.39, 0.29) is 18.3 Å². The molecule has 23 heavy (non-hydrogen) atoms. The lowest BCUT2D eigenvalue weighted by Gasteiger charge is -2.06. The van der Waals surface area contributed by atoms with Crippen molar-refractivity contribution in [1.82, 2.24) is 14.6 Å². The Bertz CT molecular complexity index is 876. The van der Waals surface area contributed by atoms with Gasteiger partial charge in [-0.25, -0.2) is 0 Å². The second-order valence-corrected chi connectivity index (χ2v) is 4.56. The summed E-state index contributed by atoms with van der Waals surface area (Å²) in [5.41, 5.74) is 0.813. The van der Waals surface area contributed by atoms with E-state index in [0.29, 0.717) is 11.3 Å². The molecule has 0 aliphatic rings. The highest BCUT2D eigenvalue weighted by atomic mass is 16.6. The van der Waals surface area contributed by atoms with Gasteiger partial charge in [0.1, 0.15) is 0 Å². The highest BCUT2D eigenvalue weighted by Crippen LogP contribution is 2.17. The zero-order valence-electron chi connectivity index (χ0n) is 11.7. The van der Waals surface area contributed by atoms with E-state index >= 15 is 0 Å². The first kappa shape index (κ1) is 14.4. The van der Waals surface area contributed by atoms with Gasteiger partial charge in [0, 0.05) is 24.0 Å². The fraction of sp³-hybridized carbons (Fsp3) is 0.0714. The molecule has 1 amide bonds. The lowest BCUT2D eigenvalue weighted by Crippen LogP contribution is -2.20. The third-order valence-corrected chi connectivity index (χ3v) is 2.96. The number of aromatic nitrogens is 3. The van der Waals surface area contributed by atoms with Crippen LogP contribution in [0.25, 0.3) is 5.65 Å². The maximum atomic E-state index is 11.9. The molecule has 1 N–H and O–H groups in total. The molecule has 1 aromatic carbocycles. The van der Waals surface area contributed by atoms with E-state index in [1.807, 2.05) is 6.07 Å². The zero-order chi connectivity index (χ0) is 16.2. The van der Waals surface area contributed by atoms with Crippen molar-refractivity contribution in [3.8, 4) is 6.01 Å². The lowest BCUT2D eigenvalue weighted by molar-refractivity contribution is -0.384. The van der Waals surface area contributed by atoms with Crippen molar-refractivity contribution >= 4 is 22.9 Å². The molecule has 0 spiro atoms. The number of benzene rings is 1. The van der Waals surface area contributed by atoms with Gasteiger partial charge in [-0.2, -0.15) is 0 Å². The number of nitro groups is 1. The van der Waals surface area contributed by atoms with Crippen molar-refractivity contribution in [2.75, 3.05) is 11.9 Å². The van der Waals surface area contributed by atoms with E-state index in [1.165, 1.54) is 18.2 Å². The molecule has 0 saturated carbocycles. The molecule has 0 aliphatic heterocycles. The van der Waals surface area contributed by atoms with Gasteiger partial charge in [0.25, 0.3) is 11.6 Å². The van der Waals surface area contributed by atoms with Gasteiger partial charge in [-0.1, -0.05) is 17.2 Å². The van der Waals surface area contributed by atoms with Crippen LogP contribution in [-0.2, 0) is 4.79 Å². The van der Waals surface area contributed by atoms with Crippen molar-refractivity contribution < 1.29 is 14.5 Å². The molecule has 0 atom stereocenters. The molecular formula is C14H11N5O4. The Morgan fingerprint density at radius 3 is 2.96 bits per heavy atom. The molecule has 3 aromatic rings. The number of amides is 1. The molecule has 0 unspecified atom stereocenters. The van der Waals surface area contributed by atoms with Crippen LogP contribution in [0.5, 0.6) is 6.01 Å². The summed E-state index contributed by atoms with van der Waals surface area (Å²) in [7, 11) is 0. The minimum atomic E-state index is -0.533. The van der Waals surface area contributed by atoms with Crippen LogP contribution >= 0.6 is 0 Å². The minimum Gasteiger partial charge on any atom is -0.453 e. The Balaban J connectivity index is 1.64. The third-order valence-electron chi connectivity index (χ3n) is 2.96. The average Bonchev–Trinajstić information content (AvgIpc) is 2.96. The summed E-state index contributed by atoms with van der Waals surface area (Å²) in [4.78, 5) is 22.0. The SMILES string of the molecule is O=C(COc1nnc2ccccn12)Nc1cccc([N+](=O)[O-])c1. The van der Waals surface area contributed by atoms with Gasteiger partial charge >= 0.3 is 6.01 Å². The maximum absolute atomic E-state index is 11.9. The first-order chi connectivity index (χ1) is 11.1. The standard InChI is InChI=1S/C14H11N5O4/c20-13(15-10-4-3-5-11(8-10)19(21)22)9-23-14-17-16-12-6-1-2-7-18(12)14/h1-8H,9H2,(H,15,20). The second-order valence-electron chi connectivity index (χ2n) is 4.56. The number of anilines is 1. The van der Waals surface area contributed by atoms with E-state index in [0.717, 1.165) is 0 Å². The summed E-state index contributed by atoms with van der Waals surface area (Å²) in [6.07, 6.45) is 1.71. The minimum absolute atomic E-state index is 0.104. The first-order valence-corrected chi connectivity index (χ1v) is 6.60. The fourth-order valence-electron chi connectivity index (χ4n) is 1.94. The van der Waals surface area contributed by atoms with E-state index in [9.17, 15) is 14.9 Å². The lowest BCUT2D eigenvalue weighted by atomic mass is 10.3. The number of non-ortho nitro benzene ring substituents is 1. The molecule has 2 heterocycles. The van der Waals surface area contributed by atoms with Crippen molar-refractivity contribution in [1.29, 1.82) is 0 Å². The average molecular weight is 313 g/mol. The number of nitrogens with one attached hydrogen (secondary N) is 1. The second kappa shape index (κ2) is 6.10. The topological polar surface area (TPSA) is 112 Å². The fourth-order valence-corrected chi connectivity index (χ4v) is 1.94. The van der Waals surface area contributed by atoms with Crippen LogP contribution in [0, 0.1) is 10.1 Å². The number of ether oxygens (including phenoxy) is 1. The molecule has 0 bridgehead atoms. The zero-order valence-corrected chi connectivity index (χ0v) is 11.7. The summed E-state index contributed by atoms with van der Waals surface area (Å²) in [5.74, 6) is -0.460. The predicted octanol–water partition coefficient (Wildman–Crippen LogP) is 1.65. The molecular weight excluding hydrogens is 302 g/mol. The monoisotopic (exact) mass is 313 g/mol. The number of fused-ring (bicyclic) bond motifs is 1. The van der Waals surface area contributed by atoms with Gasteiger partial charge in [0.2, 0.25) is 0 Å². The number of carbonyl (C=O) groups is 1. The maximum Gasteiger partial charge on any atom is 0.322 e. The van der Waals surface area contributed by atoms with E-state index in [1.54, 1.807) is 28.8 Å². The van der Waals surface area contributed by atoms with Crippen LogP contribution < -0.4 is 10.1 Å². The molecule has 0 radical (unpaired) electrons. The normalized spacial score (nSPS) is 10.4. The van der Waals surface area contributed by atoms with E-state index in [4.69, 9.17) is 4.74 Å². The largest absolute Gasteiger partial charge is 0.453 e. The van der Waals surface area contributed by atoms with Crippen LogP contribution in [-0.4, -0.2) is 32.0 Å². The number of pyridine rings is 1. The Morgan fingerprint density at radius 2 is 2.13 bits per heavy atom. The molecule has 9 heteroatoms. The van der Waals surface area contributed by atoms with Crippen LogP contribution in [0.3, 0.4) is 0 Å². The Morgan fingerprint density at radius 1 is 1.26 bits per heavy atom. The molecule has 0 fully saturated rings. The molecule has 9 nitrogen and oxygen atoms in total. The van der Waals surface area contributed by atoms with Crippen molar-refractivity contribution in [3.63, 3.8) is 0 Å². The van der Waals surface area contributed by atoms with Crippen molar-refractivity contribution in [2.24, 2.45) is 0 Å². The Kier molecular flexibility index (Phi) is 3.83. The number of carbonyl (C=O) groups excluding carboxylic acids is 1. The third kappa shape index (κ3) is 3.23. The first-order valence-electron chi connectivity index (χ1n) is 6.60. The van der Waals surface area contributed by atoms with Gasteiger partial charge in [-0.15, -0.1) is 5.10 Å². The highest BCUT2D eigenvalue weighted by Gasteiger charge is 2.11. The number of nitro benzene ring substituents is 1. The van der Waals surface area contributed by atoms with Crippen LogP contribution in [0.15, 0.2) is 48.7 Å². The number of rotatable bonds is 5. The van der Waals surface area contributed by atoms with Crippen LogP contribution in [0.1, 0.15) is 0 Å². The molecule has 116 valence electrons. The molecule has 2 aromatic heterocycles. The smallest absolute Gasteiger partial charge is 0.322 e. The molecule has 3 rings (SSSR count). The van der Waals surface area contributed by atoms with Crippen LogP contribution in [0.4, 0.5) is 11.4 Å². The summed E-state index contributed by atoms with van der Waals surface area (Å²) in [6.45, 7) is -0.293. The van der Waals surface area contributed by atoms with Gasteiger partial charge < -0.3 is 10.1 Å². The van der Waals surface area contributed by atoms with Crippen molar-refractivity contribution in [2.45, 2.75) is 0 Å². The highest BCUT2D eigenvalue weighted by molar-refractivity contribution is 5.92. The van der Waals surface area contributed by atoms with Gasteiger partial charge in [-0.05, 0) is 18.2 Å². The summed E-state index contributed by atoms with van der Waals surface area (Å²) in [5, 5.41) is 20.9. The summed E-state index contributed by atoms with van der Waals surface area (Å²) < 4.78 is 6.91. The van der Waals surface area contributed by atoms with Gasteiger partial charge in [0.15, 0.2) is 12.3 Å². The molecule has 0 saturated heterocycles. The van der Waals surface area contributed by atoms with E-state index < -0.39 is 10.8 Å².